The Balaban J connectivity index is 1.40. The van der Waals surface area contributed by atoms with Crippen LogP contribution in [-0.4, -0.2) is 44.7 Å². The van der Waals surface area contributed by atoms with Crippen molar-refractivity contribution in [2.24, 2.45) is 5.92 Å². The minimum atomic E-state index is -0.560. The molecule has 0 saturated carbocycles. The summed E-state index contributed by atoms with van der Waals surface area (Å²) in [5, 5.41) is 8.31. The van der Waals surface area contributed by atoms with Crippen molar-refractivity contribution in [3.05, 3.63) is 109 Å². The topological polar surface area (TPSA) is 102 Å². The molecule has 0 bridgehead atoms. The van der Waals surface area contributed by atoms with Crippen molar-refractivity contribution in [3.63, 3.8) is 0 Å². The van der Waals surface area contributed by atoms with Crippen molar-refractivity contribution in [2.45, 2.75) is 19.0 Å². The molecule has 1 N–H and O–H groups in total. The smallest absolute Gasteiger partial charge is 0.289 e. The van der Waals surface area contributed by atoms with Gasteiger partial charge >= 0.3 is 0 Å². The molecule has 0 radical (unpaired) electrons. The fourth-order valence-electron chi connectivity index (χ4n) is 5.18. The lowest BCUT2D eigenvalue weighted by molar-refractivity contribution is -0.120. The summed E-state index contributed by atoms with van der Waals surface area (Å²) < 4.78 is 20.5. The Labute approximate surface area is 229 Å². The molecule has 9 nitrogen and oxygen atoms in total. The fraction of sp³-hybridized carbons (Fsp3) is 0.167. The van der Waals surface area contributed by atoms with Crippen LogP contribution in [0.3, 0.4) is 0 Å². The van der Waals surface area contributed by atoms with Crippen molar-refractivity contribution in [2.75, 3.05) is 12.0 Å². The van der Waals surface area contributed by atoms with E-state index in [9.17, 15) is 14.0 Å². The van der Waals surface area contributed by atoms with Gasteiger partial charge < -0.3 is 15.0 Å². The van der Waals surface area contributed by atoms with Crippen LogP contribution in [0, 0.1) is 11.7 Å². The molecular formula is C30H25FN6O3. The Bertz CT molecular complexity index is 1690. The number of fused-ring (bicyclic) bond motifs is 1. The summed E-state index contributed by atoms with van der Waals surface area (Å²) in [4.78, 5) is 36.7. The molecule has 2 aromatic heterocycles. The van der Waals surface area contributed by atoms with Crippen LogP contribution in [0.1, 0.15) is 29.1 Å². The zero-order valence-electron chi connectivity index (χ0n) is 21.7. The van der Waals surface area contributed by atoms with Crippen LogP contribution < -0.4 is 15.0 Å². The summed E-state index contributed by atoms with van der Waals surface area (Å²) in [7, 11) is 1.59. The first kappa shape index (κ1) is 25.2. The molecular weight excluding hydrogens is 511 g/mol. The van der Waals surface area contributed by atoms with Gasteiger partial charge in [0.2, 0.25) is 11.7 Å². The van der Waals surface area contributed by atoms with Crippen LogP contribution >= 0.6 is 0 Å². The monoisotopic (exact) mass is 536 g/mol. The molecule has 3 atom stereocenters. The molecule has 0 aliphatic carbocycles. The number of nitrogens with one attached hydrogen (secondary N) is 1. The summed E-state index contributed by atoms with van der Waals surface area (Å²) in [6.45, 7) is 1.81. The number of amides is 2. The van der Waals surface area contributed by atoms with Gasteiger partial charge in [-0.2, -0.15) is 5.10 Å². The van der Waals surface area contributed by atoms with Gasteiger partial charge in [-0.1, -0.05) is 19.1 Å². The quantitative estimate of drug-likeness (QED) is 0.343. The summed E-state index contributed by atoms with van der Waals surface area (Å²) >= 11 is 0. The zero-order valence-corrected chi connectivity index (χ0v) is 21.7. The third-order valence-corrected chi connectivity index (χ3v) is 7.21. The number of rotatable bonds is 6. The Hall–Kier alpha value is -5.12. The molecule has 1 aliphatic rings. The second-order valence-corrected chi connectivity index (χ2v) is 9.56. The highest BCUT2D eigenvalue weighted by Gasteiger charge is 2.48. The molecule has 1 fully saturated rings. The van der Waals surface area contributed by atoms with Crippen molar-refractivity contribution < 1.29 is 18.7 Å². The lowest BCUT2D eigenvalue weighted by Gasteiger charge is -2.29. The number of carbonyl (C=O) groups is 2. The number of carbonyl (C=O) groups excluding carboxylic acids is 2. The van der Waals surface area contributed by atoms with Crippen LogP contribution in [0.5, 0.6) is 5.75 Å². The van der Waals surface area contributed by atoms with Crippen molar-refractivity contribution in [1.82, 2.24) is 25.1 Å². The van der Waals surface area contributed by atoms with E-state index in [1.54, 1.807) is 48.0 Å². The SMILES string of the molecule is COc1ccc([C@@H]2[C@@H](NC(=O)c3ncccn3)[C@H](C)C(=O)N2c2ccc3c(cnn3-c3ccc(F)cc3)c2)cc1. The van der Waals surface area contributed by atoms with Gasteiger partial charge in [-0.3, -0.25) is 9.59 Å². The second-order valence-electron chi connectivity index (χ2n) is 9.56. The maximum atomic E-state index is 13.8. The van der Waals surface area contributed by atoms with E-state index >= 15 is 0 Å². The number of methoxy groups -OCH3 is 1. The summed E-state index contributed by atoms with van der Waals surface area (Å²) in [6.07, 6.45) is 4.71. The van der Waals surface area contributed by atoms with Gasteiger partial charge in [0, 0.05) is 23.5 Å². The number of aromatic nitrogens is 4. The van der Waals surface area contributed by atoms with E-state index in [1.807, 2.05) is 42.5 Å². The minimum Gasteiger partial charge on any atom is -0.497 e. The summed E-state index contributed by atoms with van der Waals surface area (Å²) in [6, 6.07) is 19.7. The second kappa shape index (κ2) is 10.2. The molecule has 1 saturated heterocycles. The fourth-order valence-corrected chi connectivity index (χ4v) is 5.18. The van der Waals surface area contributed by atoms with Crippen molar-refractivity contribution >= 4 is 28.4 Å². The average Bonchev–Trinajstić information content (AvgIpc) is 3.52. The van der Waals surface area contributed by atoms with Gasteiger partial charge in [-0.15, -0.1) is 0 Å². The van der Waals surface area contributed by atoms with E-state index < -0.39 is 23.9 Å². The predicted molar refractivity (Wildman–Crippen MR) is 147 cm³/mol. The number of hydrogen-bond donors (Lipinski definition) is 1. The maximum Gasteiger partial charge on any atom is 0.289 e. The molecule has 1 aliphatic heterocycles. The first-order chi connectivity index (χ1) is 19.4. The lowest BCUT2D eigenvalue weighted by Crippen LogP contribution is -2.42. The van der Waals surface area contributed by atoms with Crippen molar-refractivity contribution in [3.8, 4) is 11.4 Å². The molecule has 3 aromatic carbocycles. The first-order valence-electron chi connectivity index (χ1n) is 12.7. The summed E-state index contributed by atoms with van der Waals surface area (Å²) in [5.74, 6) is -0.733. The van der Waals surface area contributed by atoms with E-state index in [4.69, 9.17) is 4.74 Å². The largest absolute Gasteiger partial charge is 0.497 e. The molecule has 0 unspecified atom stereocenters. The van der Waals surface area contributed by atoms with E-state index in [0.717, 1.165) is 22.2 Å². The Morgan fingerprint density at radius 1 is 0.975 bits per heavy atom. The maximum absolute atomic E-state index is 13.8. The molecule has 10 heteroatoms. The molecule has 0 spiro atoms. The standard InChI is InChI=1S/C30H25FN6O3/c1-18-26(35-29(38)28-32-14-3-15-33-28)27(19-4-11-24(40-2)12-5-19)36(30(18)39)23-10-13-25-20(16-23)17-34-37(25)22-8-6-21(31)7-9-22/h3-18,26-27H,1-2H3,(H,35,38)/t18-,26-,27+/m0/s1. The third-order valence-electron chi connectivity index (χ3n) is 7.21. The van der Waals surface area contributed by atoms with Gasteiger partial charge in [-0.05, 0) is 66.2 Å². The highest BCUT2D eigenvalue weighted by Crippen LogP contribution is 2.41. The predicted octanol–water partition coefficient (Wildman–Crippen LogP) is 4.49. The number of nitrogens with zero attached hydrogens (tertiary/aromatic N) is 5. The summed E-state index contributed by atoms with van der Waals surface area (Å²) in [5.41, 5.74) is 3.02. The van der Waals surface area contributed by atoms with Gasteiger partial charge in [0.1, 0.15) is 11.6 Å². The van der Waals surface area contributed by atoms with E-state index in [2.05, 4.69) is 20.4 Å². The van der Waals surface area contributed by atoms with Gasteiger partial charge in [0.25, 0.3) is 5.91 Å². The van der Waals surface area contributed by atoms with E-state index in [0.29, 0.717) is 11.4 Å². The lowest BCUT2D eigenvalue weighted by atomic mass is 9.94. The van der Waals surface area contributed by atoms with Gasteiger partial charge in [0.05, 0.1) is 42.5 Å². The van der Waals surface area contributed by atoms with E-state index in [-0.39, 0.29) is 17.5 Å². The van der Waals surface area contributed by atoms with Crippen LogP contribution in [-0.2, 0) is 4.79 Å². The van der Waals surface area contributed by atoms with Crippen LogP contribution in [0.4, 0.5) is 10.1 Å². The number of ether oxygens (including phenoxy) is 1. The number of benzene rings is 3. The molecule has 3 heterocycles. The van der Waals surface area contributed by atoms with Gasteiger partial charge in [-0.25, -0.2) is 19.0 Å². The first-order valence-corrected chi connectivity index (χ1v) is 12.7. The molecule has 40 heavy (non-hydrogen) atoms. The van der Waals surface area contributed by atoms with Crippen LogP contribution in [0.15, 0.2) is 91.4 Å². The van der Waals surface area contributed by atoms with Crippen LogP contribution in [0.2, 0.25) is 0 Å². The Morgan fingerprint density at radius 2 is 1.68 bits per heavy atom. The molecule has 2 amide bonds. The Kier molecular flexibility index (Phi) is 6.43. The number of halogens is 1. The minimum absolute atomic E-state index is 0.0312. The Morgan fingerprint density at radius 3 is 2.38 bits per heavy atom. The van der Waals surface area contributed by atoms with Crippen LogP contribution in [0.25, 0.3) is 16.6 Å². The van der Waals surface area contributed by atoms with Gasteiger partial charge in [0.15, 0.2) is 0 Å². The highest BCUT2D eigenvalue weighted by molar-refractivity contribution is 6.02. The number of anilines is 1. The molecule has 5 aromatic rings. The molecule has 6 rings (SSSR count). The average molecular weight is 537 g/mol. The van der Waals surface area contributed by atoms with E-state index in [1.165, 1.54) is 24.5 Å². The van der Waals surface area contributed by atoms with Crippen molar-refractivity contribution in [1.29, 1.82) is 0 Å². The zero-order chi connectivity index (χ0) is 27.8. The third kappa shape index (κ3) is 4.43. The normalized spacial score (nSPS) is 18.7. The molecule has 200 valence electrons. The number of hydrogen-bond acceptors (Lipinski definition) is 6. The highest BCUT2D eigenvalue weighted by atomic mass is 19.1.